The number of aliphatic imine (C=N–C) groups is 1. The predicted molar refractivity (Wildman–Crippen MR) is 150 cm³/mol. The Bertz CT molecular complexity index is 1730. The smallest absolute Gasteiger partial charge is 0.256 e. The molecule has 1 fully saturated rings. The largest absolute Gasteiger partial charge is 0.451 e. The maximum Gasteiger partial charge on any atom is 0.256 e. The van der Waals surface area contributed by atoms with Gasteiger partial charge in [-0.15, -0.1) is 0 Å². The highest BCUT2D eigenvalue weighted by atomic mass is 19.1. The maximum atomic E-state index is 15.8. The van der Waals surface area contributed by atoms with Gasteiger partial charge in [-0.1, -0.05) is 24.3 Å². The molecule has 2 aliphatic rings. The van der Waals surface area contributed by atoms with E-state index < -0.39 is 17.2 Å². The van der Waals surface area contributed by atoms with Crippen LogP contribution in [0.2, 0.25) is 0 Å². The molecule has 7 N–H and O–H groups in total. The summed E-state index contributed by atoms with van der Waals surface area (Å²) in [5.74, 6) is -0.474. The molecule has 0 radical (unpaired) electrons. The van der Waals surface area contributed by atoms with E-state index in [9.17, 15) is 9.59 Å². The first kappa shape index (κ1) is 24.7. The van der Waals surface area contributed by atoms with Crippen LogP contribution in [0.15, 0.2) is 58.4 Å². The second-order valence-electron chi connectivity index (χ2n) is 9.85. The van der Waals surface area contributed by atoms with Crippen molar-refractivity contribution in [3.8, 4) is 17.2 Å². The van der Waals surface area contributed by atoms with Crippen molar-refractivity contribution < 1.29 is 13.9 Å². The number of anilines is 1. The summed E-state index contributed by atoms with van der Waals surface area (Å²) in [7, 11) is 0. The molecule has 1 saturated heterocycles. The van der Waals surface area contributed by atoms with Crippen LogP contribution in [0, 0.1) is 5.82 Å². The van der Waals surface area contributed by atoms with E-state index in [1.165, 1.54) is 12.3 Å². The Morgan fingerprint density at radius 1 is 1.18 bits per heavy atom. The Morgan fingerprint density at radius 2 is 1.95 bits per heavy atom. The summed E-state index contributed by atoms with van der Waals surface area (Å²) in [5.41, 5.74) is 17.4. The molecule has 0 bridgehead atoms. The normalized spacial score (nSPS) is 15.7. The summed E-state index contributed by atoms with van der Waals surface area (Å²) in [6.45, 7) is 1.62. The van der Waals surface area contributed by atoms with Crippen LogP contribution in [0.3, 0.4) is 0 Å². The van der Waals surface area contributed by atoms with Crippen molar-refractivity contribution in [1.29, 1.82) is 0 Å². The number of amides is 1. The number of fused-ring (bicyclic) bond motifs is 3. The fourth-order valence-corrected chi connectivity index (χ4v) is 5.32. The van der Waals surface area contributed by atoms with Gasteiger partial charge in [-0.05, 0) is 41.8 Å². The second kappa shape index (κ2) is 9.59. The maximum absolute atomic E-state index is 15.8. The van der Waals surface area contributed by atoms with Gasteiger partial charge in [0.05, 0.1) is 11.1 Å². The van der Waals surface area contributed by atoms with E-state index in [-0.39, 0.29) is 40.9 Å². The van der Waals surface area contributed by atoms with E-state index in [1.807, 2.05) is 41.3 Å². The summed E-state index contributed by atoms with van der Waals surface area (Å²) in [6, 6.07) is 12.7. The number of benzene rings is 3. The number of nitrogens with one attached hydrogen (secondary N) is 1. The monoisotopic (exact) mass is 529 g/mol. The van der Waals surface area contributed by atoms with Crippen LogP contribution < -0.4 is 37.6 Å². The van der Waals surface area contributed by atoms with Crippen molar-refractivity contribution >= 4 is 39.2 Å². The average molecular weight is 530 g/mol. The molecule has 1 amide bonds. The second-order valence-corrected chi connectivity index (χ2v) is 9.85. The molecule has 11 heteroatoms. The highest BCUT2D eigenvalue weighted by molar-refractivity contribution is 6.02. The van der Waals surface area contributed by atoms with Crippen LogP contribution in [-0.4, -0.2) is 48.7 Å². The van der Waals surface area contributed by atoms with E-state index >= 15 is 4.39 Å². The van der Waals surface area contributed by atoms with Gasteiger partial charge in [-0.2, -0.15) is 0 Å². The number of nitrogens with two attached hydrogens (primary N) is 3. The molecule has 0 aliphatic carbocycles. The summed E-state index contributed by atoms with van der Waals surface area (Å²) in [4.78, 5) is 32.5. The van der Waals surface area contributed by atoms with Gasteiger partial charge in [0.1, 0.15) is 16.8 Å². The molecule has 4 aromatic rings. The molecule has 2 aliphatic heterocycles. The fraction of sp³-hybridized carbons (Fsp3) is 0.250. The van der Waals surface area contributed by atoms with Gasteiger partial charge in [0.2, 0.25) is 5.43 Å². The van der Waals surface area contributed by atoms with Crippen molar-refractivity contribution in [3.63, 3.8) is 0 Å². The van der Waals surface area contributed by atoms with Gasteiger partial charge in [-0.25, -0.2) is 4.39 Å². The molecule has 0 saturated carbocycles. The number of aromatic nitrogens is 1. The van der Waals surface area contributed by atoms with Gasteiger partial charge >= 0.3 is 0 Å². The van der Waals surface area contributed by atoms with Crippen molar-refractivity contribution in [1.82, 2.24) is 9.88 Å². The lowest BCUT2D eigenvalue weighted by Crippen LogP contribution is -2.32. The van der Waals surface area contributed by atoms with Crippen molar-refractivity contribution in [2.45, 2.75) is 18.9 Å². The fourth-order valence-electron chi connectivity index (χ4n) is 5.32. The zero-order chi connectivity index (χ0) is 27.3. The van der Waals surface area contributed by atoms with Crippen molar-refractivity contribution in [2.24, 2.45) is 22.2 Å². The first-order valence-corrected chi connectivity index (χ1v) is 12.8. The minimum atomic E-state index is -0.603. The number of carbonyl (C=O) groups excluding carboxylic acids is 1. The molecule has 1 aromatic heterocycles. The standard InChI is InChI=1S/C28H28FN7O3/c29-20-12-18-23-26(24(20)35-9-6-17(30)13-35)39-22-11-16-5-2-1-4-15(16)10-21(22)36(23)14-19(25(18)37)27(38)33-7-3-8-34-28(31)32/h1-2,4-5,10-12,14,17H,3,6-9,13,30H2,(H,33,38)(H4,31,32,34)/t17-/m1/s1. The molecule has 0 unspecified atom stereocenters. The first-order chi connectivity index (χ1) is 18.8. The van der Waals surface area contributed by atoms with E-state index in [1.54, 1.807) is 4.57 Å². The Kier molecular flexibility index (Phi) is 6.07. The predicted octanol–water partition coefficient (Wildman–Crippen LogP) is 2.32. The average Bonchev–Trinajstić information content (AvgIpc) is 3.33. The zero-order valence-corrected chi connectivity index (χ0v) is 21.1. The molecule has 39 heavy (non-hydrogen) atoms. The molecular weight excluding hydrogens is 501 g/mol. The number of rotatable bonds is 6. The first-order valence-electron chi connectivity index (χ1n) is 12.8. The number of guanidine groups is 1. The van der Waals surface area contributed by atoms with Gasteiger partial charge in [-0.3, -0.25) is 14.6 Å². The Balaban J connectivity index is 1.53. The van der Waals surface area contributed by atoms with Crippen LogP contribution in [0.5, 0.6) is 11.5 Å². The Labute approximate surface area is 222 Å². The number of pyridine rings is 1. The summed E-state index contributed by atoms with van der Waals surface area (Å²) < 4.78 is 23.9. The third-order valence-corrected chi connectivity index (χ3v) is 7.17. The summed E-state index contributed by atoms with van der Waals surface area (Å²) >= 11 is 0. The van der Waals surface area contributed by atoms with Crippen LogP contribution in [0.25, 0.3) is 27.4 Å². The topological polar surface area (TPSA) is 154 Å². The summed E-state index contributed by atoms with van der Waals surface area (Å²) in [6.07, 6.45) is 2.70. The Morgan fingerprint density at radius 3 is 2.67 bits per heavy atom. The molecule has 1 atom stereocenters. The third kappa shape index (κ3) is 4.30. The van der Waals surface area contributed by atoms with Crippen LogP contribution >= 0.6 is 0 Å². The highest BCUT2D eigenvalue weighted by Gasteiger charge is 2.32. The van der Waals surface area contributed by atoms with Gasteiger partial charge in [0.25, 0.3) is 5.91 Å². The minimum absolute atomic E-state index is 0.0327. The van der Waals surface area contributed by atoms with E-state index in [0.29, 0.717) is 49.4 Å². The number of ether oxygens (including phenoxy) is 1. The van der Waals surface area contributed by atoms with Crippen molar-refractivity contribution in [2.75, 3.05) is 31.1 Å². The molecular formula is C28H28FN7O3. The SMILES string of the molecule is NC(N)=NCCCNC(=O)c1cn2c3c(c(N4CC[C@@H](N)C4)c(F)cc3c1=O)Oc1cc3ccccc3cc1-2. The number of hydrogen-bond acceptors (Lipinski definition) is 6. The molecule has 6 rings (SSSR count). The lowest BCUT2D eigenvalue weighted by molar-refractivity contribution is 0.0952. The van der Waals surface area contributed by atoms with E-state index in [0.717, 1.165) is 10.8 Å². The van der Waals surface area contributed by atoms with Crippen molar-refractivity contribution in [3.05, 3.63) is 70.3 Å². The van der Waals surface area contributed by atoms with Gasteiger partial charge in [0, 0.05) is 38.4 Å². The zero-order valence-electron chi connectivity index (χ0n) is 21.1. The number of carbonyl (C=O) groups is 1. The number of halogens is 1. The highest BCUT2D eigenvalue weighted by Crippen LogP contribution is 2.48. The van der Waals surface area contributed by atoms with Gasteiger partial charge in [0.15, 0.2) is 23.3 Å². The van der Waals surface area contributed by atoms with E-state index in [2.05, 4.69) is 10.3 Å². The summed E-state index contributed by atoms with van der Waals surface area (Å²) in [5, 5.41) is 4.69. The molecule has 0 spiro atoms. The quantitative estimate of drug-likeness (QED) is 0.150. The lowest BCUT2D eigenvalue weighted by atomic mass is 10.0. The van der Waals surface area contributed by atoms with Crippen LogP contribution in [0.1, 0.15) is 23.2 Å². The molecule has 3 aromatic carbocycles. The van der Waals surface area contributed by atoms with Gasteiger partial charge < -0.3 is 36.7 Å². The third-order valence-electron chi connectivity index (χ3n) is 7.17. The number of nitrogens with zero attached hydrogens (tertiary/aromatic N) is 3. The molecule has 10 nitrogen and oxygen atoms in total. The van der Waals surface area contributed by atoms with Crippen LogP contribution in [0.4, 0.5) is 10.1 Å². The van der Waals surface area contributed by atoms with Crippen LogP contribution in [-0.2, 0) is 0 Å². The lowest BCUT2D eigenvalue weighted by Gasteiger charge is -2.29. The number of hydrogen-bond donors (Lipinski definition) is 4. The molecule has 3 heterocycles. The molecule has 200 valence electrons. The Hall–Kier alpha value is -4.64. The van der Waals surface area contributed by atoms with E-state index in [4.69, 9.17) is 21.9 Å². The minimum Gasteiger partial charge on any atom is -0.451 e.